The lowest BCUT2D eigenvalue weighted by Crippen LogP contribution is -2.73. The van der Waals surface area contributed by atoms with Crippen molar-refractivity contribution in [3.05, 3.63) is 11.6 Å². The van der Waals surface area contributed by atoms with Crippen LogP contribution in [0, 0.1) is 0 Å². The topological polar surface area (TPSA) is 49.4 Å². The number of amides is 2. The van der Waals surface area contributed by atoms with Gasteiger partial charge in [0.05, 0.1) is 0 Å². The molecule has 0 aromatic rings. The molecule has 18 heavy (non-hydrogen) atoms. The van der Waals surface area contributed by atoms with E-state index in [0.717, 1.165) is 0 Å². The van der Waals surface area contributed by atoms with Gasteiger partial charge < -0.3 is 10.2 Å². The van der Waals surface area contributed by atoms with E-state index < -0.39 is 11.1 Å². The summed E-state index contributed by atoms with van der Waals surface area (Å²) in [4.78, 5) is 26.4. The number of hydrogen-bond acceptors (Lipinski definition) is 2. The van der Waals surface area contributed by atoms with Gasteiger partial charge >= 0.3 is 0 Å². The molecule has 4 nitrogen and oxygen atoms in total. The zero-order valence-corrected chi connectivity index (χ0v) is 12.2. The van der Waals surface area contributed by atoms with Crippen LogP contribution in [0.1, 0.15) is 40.5 Å². The van der Waals surface area contributed by atoms with Gasteiger partial charge in [-0.15, -0.1) is 0 Å². The van der Waals surface area contributed by atoms with Crippen LogP contribution in [0.4, 0.5) is 0 Å². The molecule has 0 aliphatic carbocycles. The molecule has 0 aromatic heterocycles. The Morgan fingerprint density at radius 2 is 1.83 bits per heavy atom. The normalized spacial score (nSPS) is 22.4. The predicted octanol–water partition coefficient (Wildman–Crippen LogP) is 2.03. The van der Waals surface area contributed by atoms with Crippen LogP contribution in [0.3, 0.4) is 0 Å². The third-order valence-electron chi connectivity index (χ3n) is 3.82. The van der Waals surface area contributed by atoms with Gasteiger partial charge in [0.15, 0.2) is 0 Å². The summed E-state index contributed by atoms with van der Waals surface area (Å²) >= 11 is 5.52. The minimum Gasteiger partial charge on any atom is -0.340 e. The van der Waals surface area contributed by atoms with Gasteiger partial charge in [-0.25, -0.2) is 0 Å². The standard InChI is InChI=1S/C13H21ClN2O2/c1-5-13(6-2)11(18)16(9-7-8-14)12(3,4)10(17)15-13/h7-8H,5-6,9H2,1-4H3,(H,15,17)/b8-7+. The van der Waals surface area contributed by atoms with Crippen molar-refractivity contribution in [2.24, 2.45) is 0 Å². The summed E-state index contributed by atoms with van der Waals surface area (Å²) < 4.78 is 0. The lowest BCUT2D eigenvalue weighted by Gasteiger charge is -2.49. The Hall–Kier alpha value is -1.03. The number of hydrogen-bond donors (Lipinski definition) is 1. The van der Waals surface area contributed by atoms with Crippen LogP contribution < -0.4 is 5.32 Å². The van der Waals surface area contributed by atoms with Gasteiger partial charge in [0.1, 0.15) is 11.1 Å². The van der Waals surface area contributed by atoms with Gasteiger partial charge in [0, 0.05) is 12.1 Å². The summed E-state index contributed by atoms with van der Waals surface area (Å²) in [5.41, 5.74) is -0.247. The minimum absolute atomic E-state index is 0.0353. The molecule has 2 amide bonds. The molecule has 5 heteroatoms. The third kappa shape index (κ3) is 2.26. The molecule has 0 bridgehead atoms. The molecule has 0 unspecified atom stereocenters. The average molecular weight is 273 g/mol. The van der Waals surface area contributed by atoms with Gasteiger partial charge in [0.2, 0.25) is 11.8 Å². The first kappa shape index (κ1) is 15.0. The fourth-order valence-corrected chi connectivity index (χ4v) is 2.32. The molecule has 1 aliphatic heterocycles. The van der Waals surface area contributed by atoms with Crippen molar-refractivity contribution in [1.82, 2.24) is 10.2 Å². The first-order valence-electron chi connectivity index (χ1n) is 6.25. The molecule has 1 aliphatic rings. The molecule has 1 fully saturated rings. The van der Waals surface area contributed by atoms with Crippen molar-refractivity contribution in [3.8, 4) is 0 Å². The minimum atomic E-state index is -0.846. The number of halogens is 1. The monoisotopic (exact) mass is 272 g/mol. The first-order valence-corrected chi connectivity index (χ1v) is 6.69. The third-order valence-corrected chi connectivity index (χ3v) is 4.00. The number of carbonyl (C=O) groups excluding carboxylic acids is 2. The summed E-state index contributed by atoms with van der Waals surface area (Å²) in [7, 11) is 0. The maximum atomic E-state index is 12.6. The van der Waals surface area contributed by atoms with Crippen molar-refractivity contribution in [2.75, 3.05) is 6.54 Å². The maximum Gasteiger partial charge on any atom is 0.249 e. The van der Waals surface area contributed by atoms with E-state index in [0.29, 0.717) is 19.4 Å². The van der Waals surface area contributed by atoms with Gasteiger partial charge in [0.25, 0.3) is 0 Å². The molecule has 0 radical (unpaired) electrons. The quantitative estimate of drug-likeness (QED) is 0.851. The molecule has 102 valence electrons. The molecule has 1 saturated heterocycles. The highest BCUT2D eigenvalue weighted by Gasteiger charge is 2.52. The maximum absolute atomic E-state index is 12.6. The molecule has 0 aromatic carbocycles. The lowest BCUT2D eigenvalue weighted by atomic mass is 9.83. The van der Waals surface area contributed by atoms with E-state index in [1.54, 1.807) is 24.8 Å². The van der Waals surface area contributed by atoms with Crippen molar-refractivity contribution in [3.63, 3.8) is 0 Å². The number of piperazine rings is 1. The lowest BCUT2D eigenvalue weighted by molar-refractivity contribution is -0.160. The van der Waals surface area contributed by atoms with E-state index in [9.17, 15) is 9.59 Å². The molecule has 0 spiro atoms. The van der Waals surface area contributed by atoms with Crippen molar-refractivity contribution in [1.29, 1.82) is 0 Å². The van der Waals surface area contributed by atoms with E-state index in [4.69, 9.17) is 11.6 Å². The first-order chi connectivity index (χ1) is 8.35. The number of nitrogens with one attached hydrogen (secondary N) is 1. The number of carbonyl (C=O) groups is 2. The summed E-state index contributed by atoms with van der Waals surface area (Å²) in [5.74, 6) is -0.152. The Kier molecular flexibility index (Phi) is 4.43. The number of nitrogens with zero attached hydrogens (tertiary/aromatic N) is 1. The summed E-state index contributed by atoms with van der Waals surface area (Å²) in [6.07, 6.45) is 2.85. The van der Waals surface area contributed by atoms with Crippen LogP contribution in [0.5, 0.6) is 0 Å². The smallest absolute Gasteiger partial charge is 0.249 e. The van der Waals surface area contributed by atoms with Gasteiger partial charge in [-0.3, -0.25) is 9.59 Å². The Morgan fingerprint density at radius 1 is 1.28 bits per heavy atom. The van der Waals surface area contributed by atoms with Crippen LogP contribution in [-0.4, -0.2) is 34.3 Å². The summed E-state index contributed by atoms with van der Waals surface area (Å²) in [6.45, 7) is 7.67. The van der Waals surface area contributed by atoms with Gasteiger partial charge in [-0.1, -0.05) is 31.5 Å². The van der Waals surface area contributed by atoms with E-state index in [2.05, 4.69) is 5.32 Å². The Morgan fingerprint density at radius 3 is 2.28 bits per heavy atom. The van der Waals surface area contributed by atoms with E-state index in [-0.39, 0.29) is 11.8 Å². The van der Waals surface area contributed by atoms with E-state index in [1.165, 1.54) is 5.54 Å². The summed E-state index contributed by atoms with van der Waals surface area (Å²) in [5, 5.41) is 2.89. The highest BCUT2D eigenvalue weighted by atomic mass is 35.5. The number of rotatable bonds is 4. The van der Waals surface area contributed by atoms with Gasteiger partial charge in [-0.05, 0) is 26.7 Å². The second-order valence-electron chi connectivity index (χ2n) is 5.08. The molecule has 1 heterocycles. The van der Waals surface area contributed by atoms with Crippen LogP contribution in [0.2, 0.25) is 0 Å². The SMILES string of the molecule is CCC1(CC)NC(=O)C(C)(C)N(C/C=C/Cl)C1=O. The second-order valence-corrected chi connectivity index (χ2v) is 5.33. The van der Waals surface area contributed by atoms with E-state index >= 15 is 0 Å². The Labute approximate surface area is 113 Å². The molecule has 1 N–H and O–H groups in total. The van der Waals surface area contributed by atoms with Crippen LogP contribution in [0.25, 0.3) is 0 Å². The molecule has 0 atom stereocenters. The molecular weight excluding hydrogens is 252 g/mol. The highest BCUT2D eigenvalue weighted by Crippen LogP contribution is 2.30. The zero-order chi connectivity index (χ0) is 14.0. The van der Waals surface area contributed by atoms with Gasteiger partial charge in [-0.2, -0.15) is 0 Å². The average Bonchev–Trinajstić information content (AvgIpc) is 2.34. The fraction of sp³-hybridized carbons (Fsp3) is 0.692. The van der Waals surface area contributed by atoms with Crippen LogP contribution in [0.15, 0.2) is 11.6 Å². The zero-order valence-electron chi connectivity index (χ0n) is 11.4. The Bertz CT molecular complexity index is 373. The fourth-order valence-electron chi connectivity index (χ4n) is 2.24. The van der Waals surface area contributed by atoms with Crippen LogP contribution >= 0.6 is 11.6 Å². The van der Waals surface area contributed by atoms with Crippen molar-refractivity contribution in [2.45, 2.75) is 51.6 Å². The van der Waals surface area contributed by atoms with Crippen LogP contribution in [-0.2, 0) is 9.59 Å². The molecular formula is C13H21ClN2O2. The largest absolute Gasteiger partial charge is 0.340 e. The summed E-state index contributed by atoms with van der Waals surface area (Å²) in [6, 6.07) is 0. The Balaban J connectivity index is 3.16. The molecule has 1 rings (SSSR count). The van der Waals surface area contributed by atoms with E-state index in [1.807, 2.05) is 13.8 Å². The van der Waals surface area contributed by atoms with Crippen molar-refractivity contribution < 1.29 is 9.59 Å². The highest BCUT2D eigenvalue weighted by molar-refractivity contribution is 6.25. The second kappa shape index (κ2) is 5.31. The molecule has 0 saturated carbocycles. The van der Waals surface area contributed by atoms with Crippen molar-refractivity contribution >= 4 is 23.4 Å². The predicted molar refractivity (Wildman–Crippen MR) is 72.2 cm³/mol.